The summed E-state index contributed by atoms with van der Waals surface area (Å²) in [6, 6.07) is 0. The second-order valence-corrected chi connectivity index (χ2v) is 13.7. The molecule has 4 fully saturated rings. The van der Waals surface area contributed by atoms with E-state index < -0.39 is 63.8 Å². The number of carboxylic acids is 1. The molecule has 3 N–H and O–H groups in total. The van der Waals surface area contributed by atoms with Gasteiger partial charge in [0.05, 0.1) is 23.2 Å². The number of phenols is 1. The van der Waals surface area contributed by atoms with Gasteiger partial charge in [-0.15, -0.1) is 0 Å². The number of carboxylic acid groups (broad SMARTS) is 1. The van der Waals surface area contributed by atoms with Gasteiger partial charge < -0.3 is 29.5 Å². The zero-order valence-electron chi connectivity index (χ0n) is 25.0. The van der Waals surface area contributed by atoms with Crippen molar-refractivity contribution in [3.63, 3.8) is 0 Å². The Balaban J connectivity index is 1.66. The molecule has 0 unspecified atom stereocenters. The third-order valence-electron chi connectivity index (χ3n) is 9.94. The van der Waals surface area contributed by atoms with Gasteiger partial charge in [-0.2, -0.15) is 0 Å². The van der Waals surface area contributed by atoms with Crippen molar-refractivity contribution in [2.75, 3.05) is 0 Å². The molecule has 1 aromatic rings. The lowest BCUT2D eigenvalue weighted by atomic mass is 9.45. The van der Waals surface area contributed by atoms with Crippen LogP contribution in [0.1, 0.15) is 82.8 Å². The second kappa shape index (κ2) is 8.80. The smallest absolute Gasteiger partial charge is 0.330 e. The zero-order valence-corrected chi connectivity index (χ0v) is 25.0. The summed E-state index contributed by atoms with van der Waals surface area (Å²) < 4.78 is 20.0. The van der Waals surface area contributed by atoms with Gasteiger partial charge in [-0.25, -0.2) is 4.79 Å². The molecular formula is C33H38O9. The Morgan fingerprint density at radius 1 is 1.07 bits per heavy atom. The maximum absolute atomic E-state index is 14.6. The summed E-state index contributed by atoms with van der Waals surface area (Å²) in [4.78, 5) is 40.6. The van der Waals surface area contributed by atoms with Gasteiger partial charge in [0.2, 0.25) is 0 Å². The number of allylic oxidation sites excluding steroid dienone is 2. The molecule has 3 saturated carbocycles. The van der Waals surface area contributed by atoms with Gasteiger partial charge in [0.25, 0.3) is 0 Å². The van der Waals surface area contributed by atoms with E-state index in [-0.39, 0.29) is 35.5 Å². The third-order valence-corrected chi connectivity index (χ3v) is 9.94. The molecule has 9 heteroatoms. The van der Waals surface area contributed by atoms with Gasteiger partial charge in [0, 0.05) is 29.4 Å². The Morgan fingerprint density at radius 2 is 1.76 bits per heavy atom. The largest absolute Gasteiger partial charge is 0.506 e. The zero-order chi connectivity index (χ0) is 30.7. The van der Waals surface area contributed by atoms with Crippen LogP contribution < -0.4 is 9.47 Å². The number of carbonyl (C=O) groups is 3. The third kappa shape index (κ3) is 3.52. The first kappa shape index (κ1) is 28.7. The van der Waals surface area contributed by atoms with Crippen LogP contribution in [0.4, 0.5) is 0 Å². The van der Waals surface area contributed by atoms with E-state index in [0.29, 0.717) is 23.3 Å². The minimum Gasteiger partial charge on any atom is -0.506 e. The fourth-order valence-corrected chi connectivity index (χ4v) is 8.04. The number of aromatic hydroxyl groups is 1. The molecule has 7 rings (SSSR count). The molecule has 1 spiro atoms. The lowest BCUT2D eigenvalue weighted by molar-refractivity contribution is -0.220. The van der Waals surface area contributed by atoms with Crippen molar-refractivity contribution in [1.29, 1.82) is 0 Å². The van der Waals surface area contributed by atoms with Gasteiger partial charge in [0.1, 0.15) is 28.4 Å². The molecule has 0 aromatic heterocycles. The molecule has 224 valence electrons. The fourth-order valence-electron chi connectivity index (χ4n) is 8.04. The van der Waals surface area contributed by atoms with Crippen molar-refractivity contribution in [2.24, 2.45) is 17.8 Å². The summed E-state index contributed by atoms with van der Waals surface area (Å²) in [6.07, 6.45) is 6.03. The van der Waals surface area contributed by atoms with Crippen LogP contribution in [0.25, 0.3) is 6.08 Å². The van der Waals surface area contributed by atoms with E-state index in [1.165, 1.54) is 13.0 Å². The summed E-state index contributed by atoms with van der Waals surface area (Å²) in [6.45, 7) is 12.8. The summed E-state index contributed by atoms with van der Waals surface area (Å²) >= 11 is 0. The predicted octanol–water partition coefficient (Wildman–Crippen LogP) is 4.56. The number of aliphatic carboxylic acids is 1. The molecule has 0 amide bonds. The van der Waals surface area contributed by atoms with E-state index in [4.69, 9.17) is 14.2 Å². The number of hydrogen-bond donors (Lipinski definition) is 3. The quantitative estimate of drug-likeness (QED) is 0.339. The van der Waals surface area contributed by atoms with E-state index in [1.807, 2.05) is 47.6 Å². The number of aliphatic hydroxyl groups is 1. The number of benzene rings is 1. The van der Waals surface area contributed by atoms with Crippen LogP contribution in [0.5, 0.6) is 17.2 Å². The second-order valence-electron chi connectivity index (χ2n) is 13.7. The van der Waals surface area contributed by atoms with Crippen molar-refractivity contribution in [3.8, 4) is 17.2 Å². The van der Waals surface area contributed by atoms with Gasteiger partial charge in [-0.05, 0) is 73.5 Å². The van der Waals surface area contributed by atoms with E-state index in [1.54, 1.807) is 12.2 Å². The minimum atomic E-state index is -1.72. The summed E-state index contributed by atoms with van der Waals surface area (Å²) in [5, 5.41) is 32.7. The minimum absolute atomic E-state index is 0.0258. The number of ether oxygens (including phenoxy) is 3. The highest BCUT2D eigenvalue weighted by molar-refractivity contribution is 6.10. The van der Waals surface area contributed by atoms with Crippen LogP contribution in [-0.4, -0.2) is 61.4 Å². The van der Waals surface area contributed by atoms with Crippen LogP contribution in [0.3, 0.4) is 0 Å². The maximum atomic E-state index is 14.6. The van der Waals surface area contributed by atoms with Gasteiger partial charge >= 0.3 is 5.97 Å². The molecular weight excluding hydrogens is 540 g/mol. The standard InChI is InChI=1S/C33H38O9/c1-15(2)8-9-18-26-17(11-12-30(4,5)40-26)23(34)21-25(36)22-24(35)19-14-20-31(6,7)42-32(28(19)37,13-10-16(3)29(38)39)33(20,22)41-27(18)21/h8,10-12,19-20,22,24,34-35H,9,13-14H2,1-7H3,(H,38,39)/b16-10-/t19-,20-,22+,24-,32-,33-/m0/s1. The molecule has 6 atom stereocenters. The Bertz CT molecular complexity index is 1540. The van der Waals surface area contributed by atoms with Crippen LogP contribution >= 0.6 is 0 Å². The van der Waals surface area contributed by atoms with E-state index in [9.17, 15) is 29.7 Å². The van der Waals surface area contributed by atoms with Crippen LogP contribution in [0.2, 0.25) is 0 Å². The average Bonchev–Trinajstić information content (AvgIpc) is 3.02. The summed E-state index contributed by atoms with van der Waals surface area (Å²) in [7, 11) is 0. The van der Waals surface area contributed by atoms with Crippen LogP contribution in [0.15, 0.2) is 29.4 Å². The molecule has 1 saturated heterocycles. The molecule has 1 aromatic carbocycles. The van der Waals surface area contributed by atoms with Crippen molar-refractivity contribution in [3.05, 3.63) is 46.1 Å². The van der Waals surface area contributed by atoms with Crippen molar-refractivity contribution >= 4 is 23.6 Å². The van der Waals surface area contributed by atoms with Crippen molar-refractivity contribution < 1.29 is 43.9 Å². The Morgan fingerprint density at radius 3 is 2.40 bits per heavy atom. The number of ketones is 2. The lowest BCUT2D eigenvalue weighted by Crippen LogP contribution is -2.80. The number of hydrogen-bond acceptors (Lipinski definition) is 8. The molecule has 42 heavy (non-hydrogen) atoms. The first-order valence-electron chi connectivity index (χ1n) is 14.5. The Hall–Kier alpha value is -3.43. The highest BCUT2D eigenvalue weighted by Crippen LogP contribution is 2.70. The lowest BCUT2D eigenvalue weighted by Gasteiger charge is -2.62. The first-order valence-corrected chi connectivity index (χ1v) is 14.5. The first-order chi connectivity index (χ1) is 19.5. The van der Waals surface area contributed by atoms with Gasteiger partial charge in [-0.1, -0.05) is 17.7 Å². The molecule has 6 aliphatic rings. The molecule has 3 heterocycles. The van der Waals surface area contributed by atoms with Crippen LogP contribution in [0, 0.1) is 17.8 Å². The summed E-state index contributed by atoms with van der Waals surface area (Å²) in [5.74, 6) is -4.44. The molecule has 4 bridgehead atoms. The maximum Gasteiger partial charge on any atom is 0.330 e. The number of rotatable bonds is 5. The highest BCUT2D eigenvalue weighted by atomic mass is 16.6. The number of carbonyl (C=O) groups excluding carboxylic acids is 2. The SMILES string of the molecule is CC(C)=CCc1c2c(c(O)c3c1O[C@]14[C@@H](C3=O)[C@@H](O)[C@@H]3C[C@H]1C(C)(C)O[C@@]4(C/C=C(/C)C(=O)O)C3=O)C=CC(C)(C)O2. The van der Waals surface area contributed by atoms with E-state index in [0.717, 1.165) is 5.57 Å². The molecule has 3 aliphatic carbocycles. The van der Waals surface area contributed by atoms with E-state index >= 15 is 0 Å². The van der Waals surface area contributed by atoms with Crippen molar-refractivity contribution in [1.82, 2.24) is 0 Å². The van der Waals surface area contributed by atoms with Gasteiger partial charge in [-0.3, -0.25) is 9.59 Å². The van der Waals surface area contributed by atoms with Crippen LogP contribution in [-0.2, 0) is 20.7 Å². The average molecular weight is 579 g/mol. The normalized spacial score (nSPS) is 34.6. The summed E-state index contributed by atoms with van der Waals surface area (Å²) in [5.41, 5.74) is -3.09. The monoisotopic (exact) mass is 578 g/mol. The number of aliphatic hydroxyl groups excluding tert-OH is 1. The topological polar surface area (TPSA) is 140 Å². The molecule has 3 aliphatic heterocycles. The van der Waals surface area contributed by atoms with Crippen molar-refractivity contribution in [2.45, 2.75) is 96.2 Å². The fraction of sp³-hybridized carbons (Fsp3) is 0.545. The number of Topliss-reactive ketones (excluding diaryl/α,β-unsaturated/α-hetero) is 2. The highest BCUT2D eigenvalue weighted by Gasteiger charge is 2.85. The van der Waals surface area contributed by atoms with Gasteiger partial charge in [0.15, 0.2) is 22.8 Å². The molecule has 0 radical (unpaired) electrons. The predicted molar refractivity (Wildman–Crippen MR) is 153 cm³/mol. The van der Waals surface area contributed by atoms with E-state index in [2.05, 4.69) is 0 Å². The molecule has 9 nitrogen and oxygen atoms in total. The number of fused-ring (bicyclic) bond motifs is 2. The Labute approximate surface area is 244 Å². The number of phenolic OH excluding ortho intramolecular Hbond substituents is 1. The Kier molecular flexibility index (Phi) is 6.01.